The van der Waals surface area contributed by atoms with E-state index in [1.54, 1.807) is 17.3 Å². The monoisotopic (exact) mass is 378 g/mol. The van der Waals surface area contributed by atoms with Crippen molar-refractivity contribution < 1.29 is 9.59 Å². The number of pyridine rings is 1. The molecule has 1 fully saturated rings. The number of amides is 2. The molecule has 0 bridgehead atoms. The van der Waals surface area contributed by atoms with Crippen LogP contribution in [0.15, 0.2) is 43.0 Å². The van der Waals surface area contributed by atoms with Crippen LogP contribution in [-0.4, -0.2) is 49.6 Å². The zero-order valence-corrected chi connectivity index (χ0v) is 15.7. The van der Waals surface area contributed by atoms with Crippen LogP contribution in [0.3, 0.4) is 0 Å². The van der Waals surface area contributed by atoms with Gasteiger partial charge < -0.3 is 10.2 Å². The number of nitrogens with one attached hydrogen (secondary N) is 1. The first-order valence-electron chi connectivity index (χ1n) is 9.39. The summed E-state index contributed by atoms with van der Waals surface area (Å²) in [5, 5.41) is 7.79. The van der Waals surface area contributed by atoms with Gasteiger partial charge in [0.15, 0.2) is 0 Å². The minimum absolute atomic E-state index is 0.430. The highest BCUT2D eigenvalue weighted by atomic mass is 16.2. The van der Waals surface area contributed by atoms with E-state index in [4.69, 9.17) is 0 Å². The van der Waals surface area contributed by atoms with Gasteiger partial charge in [0.2, 0.25) is 0 Å². The molecule has 1 aromatic carbocycles. The van der Waals surface area contributed by atoms with Crippen LogP contribution in [0, 0.1) is 12.8 Å². The topological polar surface area (TPSA) is 93.0 Å². The Hall–Kier alpha value is -3.29. The van der Waals surface area contributed by atoms with Crippen molar-refractivity contribution in [1.82, 2.24) is 24.6 Å². The molecule has 0 unspecified atom stereocenters. The van der Waals surface area contributed by atoms with E-state index >= 15 is 0 Å². The second-order valence-electron chi connectivity index (χ2n) is 7.14. The number of carbonyl (C=O) groups is 2. The number of benzene rings is 1. The Kier molecular flexibility index (Phi) is 5.01. The van der Waals surface area contributed by atoms with Crippen LogP contribution >= 0.6 is 0 Å². The SMILES string of the molecule is Cc1ccc2cccc(NC(=O)C(=O)N3CCC(Cn4cncn4)CC3)c2n1. The van der Waals surface area contributed by atoms with Crippen molar-refractivity contribution in [3.05, 3.63) is 48.7 Å². The molecule has 8 nitrogen and oxygen atoms in total. The first-order valence-corrected chi connectivity index (χ1v) is 9.39. The smallest absolute Gasteiger partial charge is 0.313 e. The van der Waals surface area contributed by atoms with Gasteiger partial charge in [0, 0.05) is 30.7 Å². The summed E-state index contributed by atoms with van der Waals surface area (Å²) in [7, 11) is 0. The summed E-state index contributed by atoms with van der Waals surface area (Å²) in [6.45, 7) is 3.82. The normalized spacial score (nSPS) is 15.0. The lowest BCUT2D eigenvalue weighted by atomic mass is 9.97. The molecule has 0 radical (unpaired) electrons. The van der Waals surface area contributed by atoms with E-state index in [2.05, 4.69) is 20.4 Å². The summed E-state index contributed by atoms with van der Waals surface area (Å²) >= 11 is 0. The van der Waals surface area contributed by atoms with Gasteiger partial charge in [0.1, 0.15) is 12.7 Å². The van der Waals surface area contributed by atoms with Crippen LogP contribution in [0.25, 0.3) is 10.9 Å². The van der Waals surface area contributed by atoms with Crippen LogP contribution < -0.4 is 5.32 Å². The number of piperidine rings is 1. The fourth-order valence-electron chi connectivity index (χ4n) is 3.58. The summed E-state index contributed by atoms with van der Waals surface area (Å²) in [5.74, 6) is -0.687. The summed E-state index contributed by atoms with van der Waals surface area (Å²) < 4.78 is 1.81. The van der Waals surface area contributed by atoms with Crippen molar-refractivity contribution in [2.24, 2.45) is 5.92 Å². The Balaban J connectivity index is 1.38. The number of aryl methyl sites for hydroxylation is 1. The molecule has 1 saturated heterocycles. The maximum absolute atomic E-state index is 12.6. The number of carbonyl (C=O) groups excluding carboxylic acids is 2. The fourth-order valence-corrected chi connectivity index (χ4v) is 3.58. The number of aromatic nitrogens is 4. The van der Waals surface area contributed by atoms with Gasteiger partial charge in [-0.1, -0.05) is 18.2 Å². The molecular weight excluding hydrogens is 356 g/mol. The van der Waals surface area contributed by atoms with Crippen molar-refractivity contribution in [2.45, 2.75) is 26.3 Å². The molecule has 1 aliphatic heterocycles. The summed E-state index contributed by atoms with van der Waals surface area (Å²) in [6, 6.07) is 9.41. The maximum Gasteiger partial charge on any atom is 0.313 e. The molecule has 0 atom stereocenters. The molecule has 0 saturated carbocycles. The van der Waals surface area contributed by atoms with Gasteiger partial charge in [-0.3, -0.25) is 19.3 Å². The van der Waals surface area contributed by atoms with E-state index in [0.29, 0.717) is 30.2 Å². The first kappa shape index (κ1) is 18.1. The molecule has 0 aliphatic carbocycles. The Labute approximate surface area is 162 Å². The zero-order valence-electron chi connectivity index (χ0n) is 15.7. The second-order valence-corrected chi connectivity index (χ2v) is 7.14. The predicted molar refractivity (Wildman–Crippen MR) is 104 cm³/mol. The molecule has 144 valence electrons. The number of anilines is 1. The van der Waals surface area contributed by atoms with Crippen LogP contribution in [0.1, 0.15) is 18.5 Å². The number of rotatable bonds is 3. The van der Waals surface area contributed by atoms with E-state index in [9.17, 15) is 9.59 Å². The number of likely N-dealkylation sites (tertiary alicyclic amines) is 1. The molecular formula is C20H22N6O2. The summed E-state index contributed by atoms with van der Waals surface area (Å²) in [6.07, 6.45) is 4.90. The van der Waals surface area contributed by atoms with Gasteiger partial charge in [-0.15, -0.1) is 0 Å². The molecule has 28 heavy (non-hydrogen) atoms. The van der Waals surface area contributed by atoms with Gasteiger partial charge in [-0.2, -0.15) is 5.10 Å². The van der Waals surface area contributed by atoms with Crippen LogP contribution in [0.2, 0.25) is 0 Å². The van der Waals surface area contributed by atoms with Gasteiger partial charge >= 0.3 is 11.8 Å². The molecule has 2 amide bonds. The average Bonchev–Trinajstić information content (AvgIpc) is 3.21. The molecule has 3 heterocycles. The molecule has 1 aliphatic rings. The predicted octanol–water partition coefficient (Wildman–Crippen LogP) is 2.01. The van der Waals surface area contributed by atoms with Gasteiger partial charge in [-0.05, 0) is 37.8 Å². The van der Waals surface area contributed by atoms with E-state index in [-0.39, 0.29) is 0 Å². The summed E-state index contributed by atoms with van der Waals surface area (Å²) in [5.41, 5.74) is 2.10. The quantitative estimate of drug-likeness (QED) is 0.704. The Morgan fingerprint density at radius 3 is 2.75 bits per heavy atom. The van der Waals surface area contributed by atoms with Gasteiger partial charge in [0.05, 0.1) is 11.2 Å². The number of hydrogen-bond donors (Lipinski definition) is 1. The third-order valence-corrected chi connectivity index (χ3v) is 5.12. The van der Waals surface area contributed by atoms with E-state index < -0.39 is 11.8 Å². The fraction of sp³-hybridized carbons (Fsp3) is 0.350. The standard InChI is InChI=1S/C20H22N6O2/c1-14-5-6-16-3-2-4-17(18(16)23-14)24-19(27)20(28)25-9-7-15(8-10-25)11-26-13-21-12-22-26/h2-6,12-13,15H,7-11H2,1H3,(H,24,27). The van der Waals surface area contributed by atoms with Crippen molar-refractivity contribution in [1.29, 1.82) is 0 Å². The van der Waals surface area contributed by atoms with Crippen LogP contribution in [0.5, 0.6) is 0 Å². The Bertz CT molecular complexity index is 993. The van der Waals surface area contributed by atoms with E-state index in [1.807, 2.05) is 35.9 Å². The highest BCUT2D eigenvalue weighted by Crippen LogP contribution is 2.23. The van der Waals surface area contributed by atoms with Crippen molar-refractivity contribution in [3.8, 4) is 0 Å². The highest BCUT2D eigenvalue weighted by molar-refractivity contribution is 6.40. The van der Waals surface area contributed by atoms with Crippen LogP contribution in [0.4, 0.5) is 5.69 Å². The largest absolute Gasteiger partial charge is 0.334 e. The Morgan fingerprint density at radius 2 is 2.00 bits per heavy atom. The lowest BCUT2D eigenvalue weighted by Crippen LogP contribution is -2.44. The molecule has 8 heteroatoms. The van der Waals surface area contributed by atoms with Crippen molar-refractivity contribution in [2.75, 3.05) is 18.4 Å². The average molecular weight is 378 g/mol. The lowest BCUT2D eigenvalue weighted by Gasteiger charge is -2.31. The third-order valence-electron chi connectivity index (χ3n) is 5.12. The van der Waals surface area contributed by atoms with Gasteiger partial charge in [0.25, 0.3) is 0 Å². The summed E-state index contributed by atoms with van der Waals surface area (Å²) in [4.78, 5) is 35.2. The lowest BCUT2D eigenvalue weighted by molar-refractivity contribution is -0.144. The second kappa shape index (κ2) is 7.75. The number of fused-ring (bicyclic) bond motifs is 1. The molecule has 4 rings (SSSR count). The molecule has 2 aromatic heterocycles. The minimum atomic E-state index is -0.620. The minimum Gasteiger partial charge on any atom is -0.334 e. The van der Waals surface area contributed by atoms with Crippen LogP contribution in [-0.2, 0) is 16.1 Å². The molecule has 0 spiro atoms. The highest BCUT2D eigenvalue weighted by Gasteiger charge is 2.27. The Morgan fingerprint density at radius 1 is 1.18 bits per heavy atom. The number of nitrogens with zero attached hydrogens (tertiary/aromatic N) is 5. The third kappa shape index (κ3) is 3.85. The first-order chi connectivity index (χ1) is 13.6. The van der Waals surface area contributed by atoms with Gasteiger partial charge in [-0.25, -0.2) is 4.98 Å². The maximum atomic E-state index is 12.6. The number of para-hydroxylation sites is 1. The van der Waals surface area contributed by atoms with E-state index in [1.165, 1.54) is 6.33 Å². The molecule has 1 N–H and O–H groups in total. The van der Waals surface area contributed by atoms with Crippen molar-refractivity contribution >= 4 is 28.4 Å². The zero-order chi connectivity index (χ0) is 19.5. The van der Waals surface area contributed by atoms with E-state index in [0.717, 1.165) is 30.5 Å². The molecule has 3 aromatic rings. The van der Waals surface area contributed by atoms with Crippen molar-refractivity contribution in [3.63, 3.8) is 0 Å². The number of hydrogen-bond acceptors (Lipinski definition) is 5.